The van der Waals surface area contributed by atoms with Gasteiger partial charge in [-0.2, -0.15) is 0 Å². The van der Waals surface area contributed by atoms with Gasteiger partial charge in [0.15, 0.2) is 17.3 Å². The summed E-state index contributed by atoms with van der Waals surface area (Å²) in [6.45, 7) is 8.66. The third-order valence-electron chi connectivity index (χ3n) is 7.49. The van der Waals surface area contributed by atoms with Gasteiger partial charge in [0.05, 0.1) is 29.4 Å². The minimum Gasteiger partial charge on any atom is -0.493 e. The predicted octanol–water partition coefficient (Wildman–Crippen LogP) is 7.02. The maximum Gasteiger partial charge on any atom is 0.269 e. The summed E-state index contributed by atoms with van der Waals surface area (Å²) in [5, 5.41) is 18.2. The van der Waals surface area contributed by atoms with Crippen LogP contribution in [0.4, 0.5) is 17.1 Å². The fraction of sp³-hybridized carbons (Fsp3) is 0.323. The van der Waals surface area contributed by atoms with Crippen molar-refractivity contribution in [2.75, 3.05) is 17.7 Å². The number of anilines is 2. The summed E-state index contributed by atoms with van der Waals surface area (Å²) < 4.78 is 11.7. The maximum absolute atomic E-state index is 13.6. The number of ether oxygens (including phenoxy) is 2. The average molecular weight is 528 g/mol. The van der Waals surface area contributed by atoms with Crippen molar-refractivity contribution >= 4 is 22.8 Å². The molecule has 2 aliphatic rings. The first-order valence-corrected chi connectivity index (χ1v) is 13.0. The molecule has 0 spiro atoms. The molecule has 0 bridgehead atoms. The normalized spacial score (nSPS) is 17.8. The molecule has 3 aromatic rings. The van der Waals surface area contributed by atoms with Gasteiger partial charge >= 0.3 is 0 Å². The van der Waals surface area contributed by atoms with Crippen LogP contribution in [0.1, 0.15) is 55.0 Å². The molecule has 8 heteroatoms. The molecule has 0 saturated carbocycles. The molecular weight excluding hydrogens is 494 g/mol. The topological polar surface area (TPSA) is 103 Å². The van der Waals surface area contributed by atoms with Gasteiger partial charge in [-0.1, -0.05) is 19.9 Å². The quantitative estimate of drug-likeness (QED) is 0.262. The van der Waals surface area contributed by atoms with E-state index in [1.807, 2.05) is 18.2 Å². The van der Waals surface area contributed by atoms with Crippen LogP contribution < -0.4 is 20.1 Å². The highest BCUT2D eigenvalue weighted by Gasteiger charge is 2.39. The van der Waals surface area contributed by atoms with E-state index in [1.165, 1.54) is 23.3 Å². The third-order valence-corrected chi connectivity index (χ3v) is 7.49. The number of rotatable bonds is 6. The molecule has 3 aromatic carbocycles. The highest BCUT2D eigenvalue weighted by molar-refractivity contribution is 6.01. The van der Waals surface area contributed by atoms with Crippen molar-refractivity contribution in [1.82, 2.24) is 0 Å². The molecule has 0 amide bonds. The van der Waals surface area contributed by atoms with Crippen LogP contribution in [-0.2, 0) is 11.4 Å². The van der Waals surface area contributed by atoms with E-state index < -0.39 is 4.92 Å². The third kappa shape index (κ3) is 5.32. The van der Waals surface area contributed by atoms with E-state index in [0.29, 0.717) is 17.9 Å². The fourth-order valence-electron chi connectivity index (χ4n) is 5.32. The van der Waals surface area contributed by atoms with Gasteiger partial charge in [-0.05, 0) is 84.3 Å². The highest BCUT2D eigenvalue weighted by Crippen LogP contribution is 2.46. The van der Waals surface area contributed by atoms with Gasteiger partial charge in [0, 0.05) is 29.8 Å². The Labute approximate surface area is 228 Å². The van der Waals surface area contributed by atoms with Crippen LogP contribution in [-0.4, -0.2) is 17.8 Å². The molecule has 1 atom stereocenters. The number of nitro groups is 1. The SMILES string of the molecule is COc1cc([C@H]2Nc3cc(C)c(C)cc3NC3=C2C(=O)CC(C)(C)C3)ccc1OCc1ccc([N+](=O)[O-])cc1. The summed E-state index contributed by atoms with van der Waals surface area (Å²) in [5.74, 6) is 1.22. The molecule has 1 aliphatic carbocycles. The zero-order valence-corrected chi connectivity index (χ0v) is 22.9. The molecule has 1 heterocycles. The van der Waals surface area contributed by atoms with Crippen LogP contribution in [0.2, 0.25) is 0 Å². The number of ketones is 1. The lowest BCUT2D eigenvalue weighted by molar-refractivity contribution is -0.384. The lowest BCUT2D eigenvalue weighted by Crippen LogP contribution is -2.31. The number of methoxy groups -OCH3 is 1. The molecular formula is C31H33N3O5. The number of benzene rings is 3. The van der Waals surface area contributed by atoms with Crippen molar-refractivity contribution in [1.29, 1.82) is 0 Å². The number of Topliss-reactive ketones (excluding diaryl/α,β-unsaturated/α-hetero) is 1. The second-order valence-electron chi connectivity index (χ2n) is 11.1. The van der Waals surface area contributed by atoms with Crippen LogP contribution in [0.15, 0.2) is 65.9 Å². The predicted molar refractivity (Wildman–Crippen MR) is 151 cm³/mol. The lowest BCUT2D eigenvalue weighted by atomic mass is 9.73. The fourth-order valence-corrected chi connectivity index (χ4v) is 5.32. The van der Waals surface area contributed by atoms with Crippen molar-refractivity contribution < 1.29 is 19.2 Å². The Balaban J connectivity index is 1.49. The average Bonchev–Trinajstić information content (AvgIpc) is 3.03. The summed E-state index contributed by atoms with van der Waals surface area (Å²) in [5.41, 5.74) is 7.56. The highest BCUT2D eigenvalue weighted by atomic mass is 16.6. The molecule has 0 fully saturated rings. The summed E-state index contributed by atoms with van der Waals surface area (Å²) in [6.07, 6.45) is 1.25. The van der Waals surface area contributed by atoms with E-state index in [4.69, 9.17) is 9.47 Å². The second kappa shape index (κ2) is 10.1. The number of nitro benzene ring substituents is 1. The van der Waals surface area contributed by atoms with E-state index in [0.717, 1.165) is 40.2 Å². The Morgan fingerprint density at radius 2 is 1.67 bits per heavy atom. The van der Waals surface area contributed by atoms with Gasteiger partial charge in [0.1, 0.15) is 6.61 Å². The van der Waals surface area contributed by atoms with E-state index in [9.17, 15) is 14.9 Å². The first kappa shape index (κ1) is 26.3. The van der Waals surface area contributed by atoms with Crippen LogP contribution in [0.25, 0.3) is 0 Å². The summed E-state index contributed by atoms with van der Waals surface area (Å²) >= 11 is 0. The number of non-ortho nitro benzene ring substituents is 1. The first-order valence-electron chi connectivity index (χ1n) is 13.0. The van der Waals surface area contributed by atoms with Crippen molar-refractivity contribution in [2.45, 2.75) is 53.2 Å². The smallest absolute Gasteiger partial charge is 0.269 e. The van der Waals surface area contributed by atoms with Crippen LogP contribution in [0, 0.1) is 29.4 Å². The zero-order chi connectivity index (χ0) is 27.9. The molecule has 0 unspecified atom stereocenters. The van der Waals surface area contributed by atoms with Crippen molar-refractivity contribution in [2.24, 2.45) is 5.41 Å². The number of allylic oxidation sites excluding steroid dienone is 1. The molecule has 2 N–H and O–H groups in total. The number of hydrogen-bond acceptors (Lipinski definition) is 7. The maximum atomic E-state index is 13.6. The van der Waals surface area contributed by atoms with E-state index in [2.05, 4.69) is 50.5 Å². The van der Waals surface area contributed by atoms with E-state index in [1.54, 1.807) is 19.2 Å². The lowest BCUT2D eigenvalue weighted by Gasteiger charge is -2.34. The van der Waals surface area contributed by atoms with Gasteiger partial charge < -0.3 is 20.1 Å². The minimum absolute atomic E-state index is 0.0346. The Morgan fingerprint density at radius 3 is 2.33 bits per heavy atom. The Morgan fingerprint density at radius 1 is 0.974 bits per heavy atom. The van der Waals surface area contributed by atoms with Crippen molar-refractivity contribution in [3.63, 3.8) is 0 Å². The number of nitrogens with zero attached hydrogens (tertiary/aromatic N) is 1. The summed E-state index contributed by atoms with van der Waals surface area (Å²) in [4.78, 5) is 24.1. The molecule has 0 radical (unpaired) electrons. The first-order chi connectivity index (χ1) is 18.5. The number of carbonyl (C=O) groups is 1. The molecule has 0 saturated heterocycles. The molecule has 1 aliphatic heterocycles. The van der Waals surface area contributed by atoms with Crippen LogP contribution >= 0.6 is 0 Å². The summed E-state index contributed by atoms with van der Waals surface area (Å²) in [6, 6.07) is 15.9. The Bertz CT molecular complexity index is 1490. The molecule has 0 aromatic heterocycles. The van der Waals surface area contributed by atoms with Gasteiger partial charge in [0.25, 0.3) is 5.69 Å². The second-order valence-corrected chi connectivity index (χ2v) is 11.1. The van der Waals surface area contributed by atoms with Crippen LogP contribution in [0.3, 0.4) is 0 Å². The molecule has 8 nitrogen and oxygen atoms in total. The monoisotopic (exact) mass is 527 g/mol. The number of hydrogen-bond donors (Lipinski definition) is 2. The van der Waals surface area contributed by atoms with Gasteiger partial charge in [-0.3, -0.25) is 14.9 Å². The minimum atomic E-state index is -0.427. The number of aryl methyl sites for hydroxylation is 2. The largest absolute Gasteiger partial charge is 0.493 e. The zero-order valence-electron chi connectivity index (χ0n) is 22.9. The van der Waals surface area contributed by atoms with Crippen molar-refractivity contribution in [3.05, 3.63) is 98.2 Å². The summed E-state index contributed by atoms with van der Waals surface area (Å²) in [7, 11) is 1.58. The van der Waals surface area contributed by atoms with E-state index >= 15 is 0 Å². The standard InChI is InChI=1S/C31H33N3O5/c1-18-12-23-24(13-19(18)2)33-30(29-25(32-23)15-31(3,4)16-26(29)35)21-8-11-27(28(14-21)38-5)39-17-20-6-9-22(10-7-20)34(36)37/h6-14,30,32-33H,15-17H2,1-5H3/t30-/m1/s1. The van der Waals surface area contributed by atoms with Crippen LogP contribution in [0.5, 0.6) is 11.5 Å². The molecule has 39 heavy (non-hydrogen) atoms. The van der Waals surface area contributed by atoms with Gasteiger partial charge in [-0.25, -0.2) is 0 Å². The molecule has 202 valence electrons. The van der Waals surface area contributed by atoms with Crippen molar-refractivity contribution in [3.8, 4) is 11.5 Å². The number of carbonyl (C=O) groups excluding carboxylic acids is 1. The number of fused-ring (bicyclic) bond motifs is 1. The Kier molecular flexibility index (Phi) is 6.80. The van der Waals surface area contributed by atoms with E-state index in [-0.39, 0.29) is 29.5 Å². The number of nitrogens with one attached hydrogen (secondary N) is 2. The van der Waals surface area contributed by atoms with Gasteiger partial charge in [-0.15, -0.1) is 0 Å². The van der Waals surface area contributed by atoms with Gasteiger partial charge in [0.2, 0.25) is 0 Å². The molecule has 5 rings (SSSR count). The Hall–Kier alpha value is -4.33.